The molecule has 2 aromatic carbocycles. The van der Waals surface area contributed by atoms with Crippen LogP contribution in [-0.4, -0.2) is 18.5 Å². The van der Waals surface area contributed by atoms with Crippen LogP contribution in [0.1, 0.15) is 18.9 Å². The van der Waals surface area contributed by atoms with E-state index in [1.54, 1.807) is 0 Å². The summed E-state index contributed by atoms with van der Waals surface area (Å²) in [6.07, 6.45) is 2.18. The third-order valence-electron chi connectivity index (χ3n) is 4.04. The van der Waals surface area contributed by atoms with Crippen LogP contribution in [-0.2, 0) is 11.2 Å². The maximum atomic E-state index is 12.3. The molecule has 1 amide bonds. The molecule has 0 saturated carbocycles. The van der Waals surface area contributed by atoms with E-state index in [1.807, 2.05) is 36.4 Å². The first-order valence-electron chi connectivity index (χ1n) is 7.43. The average Bonchev–Trinajstić information content (AvgIpc) is 2.51. The fraction of sp³-hybridized carbons (Fsp3) is 0.278. The van der Waals surface area contributed by atoms with Gasteiger partial charge in [-0.15, -0.1) is 0 Å². The molecule has 0 saturated heterocycles. The average molecular weight is 280 g/mol. The molecule has 0 aromatic heterocycles. The minimum Gasteiger partial charge on any atom is -0.359 e. The molecular weight excluding hydrogens is 260 g/mol. The number of rotatable bonds is 3. The first-order chi connectivity index (χ1) is 10.2. The van der Waals surface area contributed by atoms with Gasteiger partial charge in [0.15, 0.2) is 0 Å². The summed E-state index contributed by atoms with van der Waals surface area (Å²) in [7, 11) is 0. The molecule has 1 aliphatic heterocycles. The molecule has 3 nitrogen and oxygen atoms in total. The van der Waals surface area contributed by atoms with Gasteiger partial charge in [0.05, 0.1) is 6.54 Å². The monoisotopic (exact) mass is 280 g/mol. The quantitative estimate of drug-likeness (QED) is 0.933. The first kappa shape index (κ1) is 13.7. The number of aryl methyl sites for hydroxylation is 1. The van der Waals surface area contributed by atoms with E-state index in [-0.39, 0.29) is 5.91 Å². The van der Waals surface area contributed by atoms with Gasteiger partial charge in [0.2, 0.25) is 5.91 Å². The van der Waals surface area contributed by atoms with Crippen molar-refractivity contribution in [1.29, 1.82) is 0 Å². The van der Waals surface area contributed by atoms with E-state index in [2.05, 4.69) is 35.3 Å². The molecule has 1 aliphatic rings. The van der Waals surface area contributed by atoms with Gasteiger partial charge in [-0.25, -0.2) is 0 Å². The van der Waals surface area contributed by atoms with Gasteiger partial charge in [-0.05, 0) is 43.5 Å². The molecule has 0 radical (unpaired) electrons. The van der Waals surface area contributed by atoms with Crippen LogP contribution >= 0.6 is 0 Å². The van der Waals surface area contributed by atoms with Gasteiger partial charge >= 0.3 is 0 Å². The van der Waals surface area contributed by atoms with Crippen molar-refractivity contribution >= 4 is 17.3 Å². The summed E-state index contributed by atoms with van der Waals surface area (Å²) < 4.78 is 0. The number of hydrogen-bond donors (Lipinski definition) is 1. The second kappa shape index (κ2) is 6.00. The number of anilines is 2. The zero-order chi connectivity index (χ0) is 14.7. The van der Waals surface area contributed by atoms with Gasteiger partial charge < -0.3 is 10.2 Å². The maximum Gasteiger partial charge on any atom is 0.243 e. The van der Waals surface area contributed by atoms with Crippen LogP contribution in [0.2, 0.25) is 0 Å². The van der Waals surface area contributed by atoms with Crippen molar-refractivity contribution in [3.8, 4) is 0 Å². The summed E-state index contributed by atoms with van der Waals surface area (Å²) >= 11 is 0. The molecule has 1 heterocycles. The Morgan fingerprint density at radius 3 is 2.67 bits per heavy atom. The Kier molecular flexibility index (Phi) is 3.91. The minimum absolute atomic E-state index is 0.0322. The van der Waals surface area contributed by atoms with Crippen LogP contribution in [0.3, 0.4) is 0 Å². The molecule has 3 heteroatoms. The van der Waals surface area contributed by atoms with Crippen LogP contribution in [0.4, 0.5) is 11.4 Å². The molecule has 108 valence electrons. The summed E-state index contributed by atoms with van der Waals surface area (Å²) in [6.45, 7) is 2.58. The predicted octanol–water partition coefficient (Wildman–Crippen LogP) is 3.47. The zero-order valence-electron chi connectivity index (χ0n) is 12.3. The molecule has 0 fully saturated rings. The highest BCUT2D eigenvalue weighted by molar-refractivity contribution is 5.94. The Bertz CT molecular complexity index is 624. The lowest BCUT2D eigenvalue weighted by Crippen LogP contribution is -2.42. The Morgan fingerprint density at radius 1 is 1.14 bits per heavy atom. The molecule has 1 atom stereocenters. The van der Waals surface area contributed by atoms with Crippen molar-refractivity contribution in [1.82, 2.24) is 0 Å². The number of para-hydroxylation sites is 2. The number of benzene rings is 2. The van der Waals surface area contributed by atoms with Crippen LogP contribution in [0, 0.1) is 0 Å². The largest absolute Gasteiger partial charge is 0.359 e. The van der Waals surface area contributed by atoms with Crippen molar-refractivity contribution in [2.45, 2.75) is 25.8 Å². The Balaban J connectivity index is 1.73. The molecule has 3 rings (SSSR count). The second-order valence-corrected chi connectivity index (χ2v) is 5.56. The van der Waals surface area contributed by atoms with Gasteiger partial charge in [0.1, 0.15) is 0 Å². The standard InChI is InChI=1S/C18H20N2O/c1-14-11-12-15-7-5-6-10-17(15)20(14)13-18(21)19-16-8-3-2-4-9-16/h2-10,14H,11-13H2,1H3,(H,19,21). The van der Waals surface area contributed by atoms with Crippen molar-refractivity contribution in [3.63, 3.8) is 0 Å². The van der Waals surface area contributed by atoms with Crippen LogP contribution in [0.5, 0.6) is 0 Å². The van der Waals surface area contributed by atoms with Gasteiger partial charge in [0.25, 0.3) is 0 Å². The molecule has 0 aliphatic carbocycles. The summed E-state index contributed by atoms with van der Waals surface area (Å²) in [4.78, 5) is 14.5. The second-order valence-electron chi connectivity index (χ2n) is 5.56. The number of carbonyl (C=O) groups excluding carboxylic acids is 1. The SMILES string of the molecule is CC1CCc2ccccc2N1CC(=O)Nc1ccccc1. The number of nitrogens with one attached hydrogen (secondary N) is 1. The number of carbonyl (C=O) groups is 1. The lowest BCUT2D eigenvalue weighted by Gasteiger charge is -2.36. The fourth-order valence-electron chi connectivity index (χ4n) is 2.88. The van der Waals surface area contributed by atoms with E-state index in [9.17, 15) is 4.79 Å². The lowest BCUT2D eigenvalue weighted by molar-refractivity contribution is -0.115. The third kappa shape index (κ3) is 3.07. The van der Waals surface area contributed by atoms with Crippen LogP contribution < -0.4 is 10.2 Å². The van der Waals surface area contributed by atoms with Gasteiger partial charge in [-0.3, -0.25) is 4.79 Å². The maximum absolute atomic E-state index is 12.3. The van der Waals surface area contributed by atoms with E-state index in [1.165, 1.54) is 11.3 Å². The van der Waals surface area contributed by atoms with E-state index < -0.39 is 0 Å². The smallest absolute Gasteiger partial charge is 0.243 e. The summed E-state index contributed by atoms with van der Waals surface area (Å²) in [5.41, 5.74) is 3.38. The Hall–Kier alpha value is -2.29. The fourth-order valence-corrected chi connectivity index (χ4v) is 2.88. The minimum atomic E-state index is 0.0322. The number of hydrogen-bond acceptors (Lipinski definition) is 2. The number of amides is 1. The topological polar surface area (TPSA) is 32.3 Å². The molecule has 0 bridgehead atoms. The molecule has 0 spiro atoms. The van der Waals surface area contributed by atoms with E-state index in [0.717, 1.165) is 18.5 Å². The normalized spacial score (nSPS) is 17.2. The molecule has 1 N–H and O–H groups in total. The molecule has 2 aromatic rings. The number of fused-ring (bicyclic) bond motifs is 1. The highest BCUT2D eigenvalue weighted by atomic mass is 16.2. The van der Waals surface area contributed by atoms with Crippen LogP contribution in [0.15, 0.2) is 54.6 Å². The highest BCUT2D eigenvalue weighted by Gasteiger charge is 2.24. The van der Waals surface area contributed by atoms with E-state index in [0.29, 0.717) is 12.6 Å². The first-order valence-corrected chi connectivity index (χ1v) is 7.43. The summed E-state index contributed by atoms with van der Waals surface area (Å²) in [5, 5.41) is 2.96. The van der Waals surface area contributed by atoms with Crippen molar-refractivity contribution < 1.29 is 4.79 Å². The zero-order valence-corrected chi connectivity index (χ0v) is 12.3. The Morgan fingerprint density at radius 2 is 1.86 bits per heavy atom. The molecule has 21 heavy (non-hydrogen) atoms. The van der Waals surface area contributed by atoms with Crippen molar-refractivity contribution in [2.75, 3.05) is 16.8 Å². The van der Waals surface area contributed by atoms with Crippen LogP contribution in [0.25, 0.3) is 0 Å². The summed E-state index contributed by atoms with van der Waals surface area (Å²) in [5.74, 6) is 0.0322. The Labute approximate surface area is 125 Å². The van der Waals surface area contributed by atoms with E-state index >= 15 is 0 Å². The van der Waals surface area contributed by atoms with Gasteiger partial charge in [-0.2, -0.15) is 0 Å². The third-order valence-corrected chi connectivity index (χ3v) is 4.04. The van der Waals surface area contributed by atoms with Crippen molar-refractivity contribution in [2.24, 2.45) is 0 Å². The lowest BCUT2D eigenvalue weighted by atomic mass is 9.96. The van der Waals surface area contributed by atoms with E-state index in [4.69, 9.17) is 0 Å². The highest BCUT2D eigenvalue weighted by Crippen LogP contribution is 2.30. The van der Waals surface area contributed by atoms with Gasteiger partial charge in [-0.1, -0.05) is 36.4 Å². The summed E-state index contributed by atoms with van der Waals surface area (Å²) in [6, 6.07) is 18.4. The molecule has 1 unspecified atom stereocenters. The number of nitrogens with zero attached hydrogens (tertiary/aromatic N) is 1. The molecular formula is C18H20N2O. The predicted molar refractivity (Wildman–Crippen MR) is 86.6 cm³/mol. The van der Waals surface area contributed by atoms with Gasteiger partial charge in [0, 0.05) is 17.4 Å². The van der Waals surface area contributed by atoms with Crippen molar-refractivity contribution in [3.05, 3.63) is 60.2 Å².